The van der Waals surface area contributed by atoms with Crippen LogP contribution >= 0.6 is 0 Å². The molecule has 0 aliphatic carbocycles. The predicted octanol–water partition coefficient (Wildman–Crippen LogP) is 3.49. The Labute approximate surface area is 124 Å². The second-order valence-electron chi connectivity index (χ2n) is 4.95. The van der Waals surface area contributed by atoms with Gasteiger partial charge in [-0.05, 0) is 32.0 Å². The van der Waals surface area contributed by atoms with Gasteiger partial charge in [-0.3, -0.25) is 0 Å². The SMILES string of the molecule is CCN1CCN(CC)c2cc(/N=N/c3ncc[nH]3)ccc21. The molecule has 1 aromatic heterocycles. The number of imidazole rings is 1. The minimum atomic E-state index is 0.523. The van der Waals surface area contributed by atoms with Gasteiger partial charge in [0.1, 0.15) is 0 Å². The molecule has 3 rings (SSSR count). The molecule has 0 bridgehead atoms. The molecule has 0 unspecified atom stereocenters. The maximum absolute atomic E-state index is 4.26. The van der Waals surface area contributed by atoms with Crippen molar-refractivity contribution in [2.24, 2.45) is 10.2 Å². The molecule has 110 valence electrons. The lowest BCUT2D eigenvalue weighted by Gasteiger charge is -2.38. The number of H-pyrrole nitrogens is 1. The minimum absolute atomic E-state index is 0.523. The van der Waals surface area contributed by atoms with Gasteiger partial charge < -0.3 is 14.8 Å². The molecule has 0 fully saturated rings. The summed E-state index contributed by atoms with van der Waals surface area (Å²) < 4.78 is 0. The third-order valence-corrected chi connectivity index (χ3v) is 3.79. The molecule has 1 N–H and O–H groups in total. The quantitative estimate of drug-likeness (QED) is 0.874. The third kappa shape index (κ3) is 2.74. The number of aromatic nitrogens is 2. The molecule has 0 radical (unpaired) electrons. The number of likely N-dealkylation sites (N-methyl/N-ethyl adjacent to an activating group) is 2. The first-order valence-electron chi connectivity index (χ1n) is 7.37. The molecule has 0 saturated heterocycles. The summed E-state index contributed by atoms with van der Waals surface area (Å²) in [6.45, 7) is 8.53. The van der Waals surface area contributed by atoms with Gasteiger partial charge in [0.25, 0.3) is 0 Å². The van der Waals surface area contributed by atoms with E-state index in [9.17, 15) is 0 Å². The number of fused-ring (bicyclic) bond motifs is 1. The van der Waals surface area contributed by atoms with E-state index in [2.05, 4.69) is 56.0 Å². The van der Waals surface area contributed by atoms with Crippen molar-refractivity contribution in [3.8, 4) is 0 Å². The van der Waals surface area contributed by atoms with Crippen molar-refractivity contribution >= 4 is 23.0 Å². The second-order valence-corrected chi connectivity index (χ2v) is 4.95. The molecule has 2 aromatic rings. The Balaban J connectivity index is 1.91. The molecule has 2 heterocycles. The summed E-state index contributed by atoms with van der Waals surface area (Å²) in [7, 11) is 0. The van der Waals surface area contributed by atoms with Crippen molar-refractivity contribution in [3.05, 3.63) is 30.6 Å². The Morgan fingerprint density at radius 2 is 1.86 bits per heavy atom. The predicted molar refractivity (Wildman–Crippen MR) is 85.0 cm³/mol. The summed E-state index contributed by atoms with van der Waals surface area (Å²) >= 11 is 0. The van der Waals surface area contributed by atoms with E-state index in [0.717, 1.165) is 31.9 Å². The average Bonchev–Trinajstić information content (AvgIpc) is 3.05. The highest BCUT2D eigenvalue weighted by molar-refractivity contribution is 5.76. The van der Waals surface area contributed by atoms with Crippen LogP contribution in [0.25, 0.3) is 0 Å². The van der Waals surface area contributed by atoms with Crippen LogP contribution in [0, 0.1) is 0 Å². The number of azo groups is 1. The second kappa shape index (κ2) is 5.95. The first-order valence-corrected chi connectivity index (χ1v) is 7.37. The fourth-order valence-corrected chi connectivity index (χ4v) is 2.65. The maximum Gasteiger partial charge on any atom is 0.246 e. The molecule has 0 amide bonds. The van der Waals surface area contributed by atoms with Gasteiger partial charge in [0.2, 0.25) is 5.95 Å². The number of nitrogens with one attached hydrogen (secondary N) is 1. The fraction of sp³-hybridized carbons (Fsp3) is 0.400. The molecule has 1 aromatic carbocycles. The first kappa shape index (κ1) is 13.6. The van der Waals surface area contributed by atoms with Crippen LogP contribution in [0.3, 0.4) is 0 Å². The van der Waals surface area contributed by atoms with E-state index in [1.165, 1.54) is 11.4 Å². The molecule has 0 spiro atoms. The molecule has 0 saturated carbocycles. The number of anilines is 2. The molecule has 21 heavy (non-hydrogen) atoms. The molecule has 6 nitrogen and oxygen atoms in total. The van der Waals surface area contributed by atoms with Gasteiger partial charge in [-0.1, -0.05) is 0 Å². The van der Waals surface area contributed by atoms with Gasteiger partial charge in [-0.15, -0.1) is 10.2 Å². The zero-order chi connectivity index (χ0) is 14.7. The molecule has 1 aliphatic rings. The van der Waals surface area contributed by atoms with Gasteiger partial charge in [-0.25, -0.2) is 4.98 Å². The Hall–Kier alpha value is -2.37. The largest absolute Gasteiger partial charge is 0.368 e. The lowest BCUT2D eigenvalue weighted by Crippen LogP contribution is -2.40. The van der Waals surface area contributed by atoms with Gasteiger partial charge >= 0.3 is 0 Å². The molecular weight excluding hydrogens is 264 g/mol. The topological polar surface area (TPSA) is 59.9 Å². The van der Waals surface area contributed by atoms with E-state index in [1.54, 1.807) is 12.4 Å². The zero-order valence-electron chi connectivity index (χ0n) is 12.5. The van der Waals surface area contributed by atoms with E-state index < -0.39 is 0 Å². The normalized spacial score (nSPS) is 14.8. The van der Waals surface area contributed by atoms with Crippen molar-refractivity contribution in [2.45, 2.75) is 13.8 Å². The highest BCUT2D eigenvalue weighted by Crippen LogP contribution is 2.36. The average molecular weight is 284 g/mol. The van der Waals surface area contributed by atoms with Gasteiger partial charge in [0.15, 0.2) is 0 Å². The summed E-state index contributed by atoms with van der Waals surface area (Å²) in [5.74, 6) is 0.523. The Kier molecular flexibility index (Phi) is 3.85. The lowest BCUT2D eigenvalue weighted by atomic mass is 10.1. The van der Waals surface area contributed by atoms with Gasteiger partial charge in [0.05, 0.1) is 17.1 Å². The Morgan fingerprint density at radius 3 is 2.52 bits per heavy atom. The molecule has 6 heteroatoms. The van der Waals surface area contributed by atoms with E-state index in [4.69, 9.17) is 0 Å². The smallest absolute Gasteiger partial charge is 0.246 e. The highest BCUT2D eigenvalue weighted by atomic mass is 15.3. The van der Waals surface area contributed by atoms with Crippen molar-refractivity contribution in [2.75, 3.05) is 36.0 Å². The van der Waals surface area contributed by atoms with Gasteiger partial charge in [-0.2, -0.15) is 0 Å². The standard InChI is InChI=1S/C15H20N6/c1-3-20-9-10-21(4-2)14-11-12(5-6-13(14)20)18-19-15-16-7-8-17-15/h5-8,11H,3-4,9-10H2,1-2H3,(H,16,17)/b19-18+. The van der Waals surface area contributed by atoms with Crippen LogP contribution in [0.15, 0.2) is 40.8 Å². The number of rotatable bonds is 4. The van der Waals surface area contributed by atoms with E-state index in [1.807, 2.05) is 6.07 Å². The number of nitrogens with zero attached hydrogens (tertiary/aromatic N) is 5. The van der Waals surface area contributed by atoms with Crippen LogP contribution < -0.4 is 9.80 Å². The Morgan fingerprint density at radius 1 is 1.10 bits per heavy atom. The van der Waals surface area contributed by atoms with Crippen molar-refractivity contribution in [3.63, 3.8) is 0 Å². The number of benzene rings is 1. The number of hydrogen-bond acceptors (Lipinski definition) is 5. The van der Waals surface area contributed by atoms with Crippen LogP contribution in [0.5, 0.6) is 0 Å². The first-order chi connectivity index (χ1) is 10.3. The van der Waals surface area contributed by atoms with Crippen LogP contribution in [-0.4, -0.2) is 36.1 Å². The van der Waals surface area contributed by atoms with Crippen LogP contribution in [0.1, 0.15) is 13.8 Å². The van der Waals surface area contributed by atoms with E-state index in [0.29, 0.717) is 5.95 Å². The molecular formula is C15H20N6. The van der Waals surface area contributed by atoms with Crippen molar-refractivity contribution in [1.82, 2.24) is 9.97 Å². The monoisotopic (exact) mass is 284 g/mol. The fourth-order valence-electron chi connectivity index (χ4n) is 2.65. The summed E-state index contributed by atoms with van der Waals surface area (Å²) in [6.07, 6.45) is 3.40. The molecule has 1 aliphatic heterocycles. The van der Waals surface area contributed by atoms with Crippen LogP contribution in [-0.2, 0) is 0 Å². The summed E-state index contributed by atoms with van der Waals surface area (Å²) in [4.78, 5) is 11.7. The van der Waals surface area contributed by atoms with Crippen LogP contribution in [0.2, 0.25) is 0 Å². The van der Waals surface area contributed by atoms with E-state index in [-0.39, 0.29) is 0 Å². The highest BCUT2D eigenvalue weighted by Gasteiger charge is 2.20. The summed E-state index contributed by atoms with van der Waals surface area (Å²) in [6, 6.07) is 6.25. The van der Waals surface area contributed by atoms with E-state index >= 15 is 0 Å². The van der Waals surface area contributed by atoms with Crippen molar-refractivity contribution in [1.29, 1.82) is 0 Å². The number of hydrogen-bond donors (Lipinski definition) is 1. The molecule has 0 atom stereocenters. The summed E-state index contributed by atoms with van der Waals surface area (Å²) in [5, 5.41) is 8.36. The third-order valence-electron chi connectivity index (χ3n) is 3.79. The van der Waals surface area contributed by atoms with Crippen molar-refractivity contribution < 1.29 is 0 Å². The summed E-state index contributed by atoms with van der Waals surface area (Å²) in [5.41, 5.74) is 3.37. The zero-order valence-corrected chi connectivity index (χ0v) is 12.5. The minimum Gasteiger partial charge on any atom is -0.368 e. The lowest BCUT2D eigenvalue weighted by molar-refractivity contribution is 0.723. The Bertz CT molecular complexity index is 619. The maximum atomic E-state index is 4.26. The van der Waals surface area contributed by atoms with Crippen LogP contribution in [0.4, 0.5) is 23.0 Å². The number of aromatic amines is 1. The van der Waals surface area contributed by atoms with Gasteiger partial charge in [0, 0.05) is 38.6 Å².